The molecule has 0 unspecified atom stereocenters. The van der Waals surface area contributed by atoms with Crippen molar-refractivity contribution in [2.24, 2.45) is 0 Å². The Kier molecular flexibility index (Phi) is 6.19. The molecule has 2 atom stereocenters. The zero-order chi connectivity index (χ0) is 24.4. The van der Waals surface area contributed by atoms with E-state index in [-0.39, 0.29) is 18.0 Å². The number of hydrogen-bond acceptors (Lipinski definition) is 3. The Morgan fingerprint density at radius 2 is 1.69 bits per heavy atom. The normalized spacial score (nSPS) is 18.4. The third-order valence-corrected chi connectivity index (χ3v) is 6.39. The third kappa shape index (κ3) is 5.01. The number of amides is 1. The van der Waals surface area contributed by atoms with E-state index in [2.05, 4.69) is 15.6 Å². The average Bonchev–Trinajstić information content (AvgIpc) is 3.35. The number of aromatic nitrogens is 2. The molecule has 35 heavy (non-hydrogen) atoms. The van der Waals surface area contributed by atoms with Gasteiger partial charge in [-0.1, -0.05) is 36.4 Å². The van der Waals surface area contributed by atoms with E-state index < -0.39 is 11.9 Å². The van der Waals surface area contributed by atoms with Gasteiger partial charge in [0.2, 0.25) is 0 Å². The summed E-state index contributed by atoms with van der Waals surface area (Å²) in [5, 5.41) is 7.09. The Morgan fingerprint density at radius 1 is 0.943 bits per heavy atom. The second-order valence-electron chi connectivity index (χ2n) is 8.85. The number of carbonyl (C=O) groups excluding carboxylic acids is 1. The number of alkyl halides is 3. The van der Waals surface area contributed by atoms with E-state index >= 15 is 0 Å². The number of pyridine rings is 1. The Hall–Kier alpha value is -3.81. The van der Waals surface area contributed by atoms with Crippen LogP contribution in [0.4, 0.5) is 18.9 Å². The van der Waals surface area contributed by atoms with Crippen molar-refractivity contribution in [1.82, 2.24) is 14.9 Å². The molecule has 180 valence electrons. The first-order chi connectivity index (χ1) is 16.9. The van der Waals surface area contributed by atoms with Gasteiger partial charge in [0.15, 0.2) is 0 Å². The van der Waals surface area contributed by atoms with Crippen molar-refractivity contribution in [2.75, 3.05) is 5.32 Å². The van der Waals surface area contributed by atoms with Crippen molar-refractivity contribution in [3.8, 4) is 5.69 Å². The molecule has 0 aliphatic heterocycles. The lowest BCUT2D eigenvalue weighted by molar-refractivity contribution is -0.140. The van der Waals surface area contributed by atoms with Crippen LogP contribution < -0.4 is 10.6 Å². The fourth-order valence-corrected chi connectivity index (χ4v) is 4.75. The van der Waals surface area contributed by atoms with Gasteiger partial charge in [0.1, 0.15) is 11.4 Å². The fraction of sp³-hybridized carbons (Fsp3) is 0.259. The number of nitrogens with one attached hydrogen (secondary N) is 2. The van der Waals surface area contributed by atoms with E-state index in [9.17, 15) is 18.0 Å². The first-order valence-electron chi connectivity index (χ1n) is 11.7. The van der Waals surface area contributed by atoms with Crippen molar-refractivity contribution in [3.63, 3.8) is 0 Å². The molecule has 2 aromatic carbocycles. The molecule has 1 amide bonds. The van der Waals surface area contributed by atoms with Crippen LogP contribution in [0.5, 0.6) is 0 Å². The first-order valence-corrected chi connectivity index (χ1v) is 11.7. The average molecular weight is 479 g/mol. The van der Waals surface area contributed by atoms with E-state index in [0.717, 1.165) is 31.0 Å². The molecule has 2 aromatic heterocycles. The van der Waals surface area contributed by atoms with Crippen molar-refractivity contribution in [2.45, 2.75) is 43.9 Å². The second-order valence-corrected chi connectivity index (χ2v) is 8.85. The zero-order valence-electron chi connectivity index (χ0n) is 18.9. The summed E-state index contributed by atoms with van der Waals surface area (Å²) in [4.78, 5) is 16.9. The van der Waals surface area contributed by atoms with Crippen molar-refractivity contribution < 1.29 is 18.0 Å². The van der Waals surface area contributed by atoms with Gasteiger partial charge in [-0.05, 0) is 62.1 Å². The van der Waals surface area contributed by atoms with Crippen molar-refractivity contribution >= 4 is 22.5 Å². The number of halogens is 3. The molecule has 1 aliphatic carbocycles. The van der Waals surface area contributed by atoms with Gasteiger partial charge in [-0.3, -0.25) is 4.79 Å². The molecule has 1 saturated carbocycles. The molecule has 0 radical (unpaired) electrons. The maximum atomic E-state index is 13.4. The largest absolute Gasteiger partial charge is 0.433 e. The Balaban J connectivity index is 1.32. The van der Waals surface area contributed by atoms with Crippen LogP contribution in [0, 0.1) is 0 Å². The van der Waals surface area contributed by atoms with Crippen LogP contribution in [0.25, 0.3) is 16.6 Å². The van der Waals surface area contributed by atoms with E-state index in [4.69, 9.17) is 0 Å². The number of fused-ring (bicyclic) bond motifs is 1. The van der Waals surface area contributed by atoms with E-state index in [1.807, 2.05) is 47.2 Å². The van der Waals surface area contributed by atoms with Gasteiger partial charge in [0, 0.05) is 35.0 Å². The van der Waals surface area contributed by atoms with Gasteiger partial charge in [-0.15, -0.1) is 0 Å². The predicted molar refractivity (Wildman–Crippen MR) is 130 cm³/mol. The van der Waals surface area contributed by atoms with Gasteiger partial charge in [-0.2, -0.15) is 13.2 Å². The lowest BCUT2D eigenvalue weighted by Crippen LogP contribution is -2.42. The Labute approximate surface area is 201 Å². The topological polar surface area (TPSA) is 59.0 Å². The summed E-state index contributed by atoms with van der Waals surface area (Å²) in [7, 11) is 0. The molecule has 1 fully saturated rings. The van der Waals surface area contributed by atoms with Crippen molar-refractivity contribution in [1.29, 1.82) is 0 Å². The highest BCUT2D eigenvalue weighted by molar-refractivity contribution is 5.94. The first kappa shape index (κ1) is 23.0. The highest BCUT2D eigenvalue weighted by Crippen LogP contribution is 2.34. The SMILES string of the molecule is O=C(N[C@@H]1CCC[C@H](Nc2cc(C(F)(F)F)nc3ccccc23)C1)c1cccn1-c1ccccc1. The Bertz CT molecular complexity index is 1330. The number of anilines is 1. The molecule has 4 aromatic rings. The molecule has 8 heteroatoms. The number of nitrogens with zero attached hydrogens (tertiary/aromatic N) is 2. The van der Waals surface area contributed by atoms with Gasteiger partial charge in [-0.25, -0.2) is 4.98 Å². The highest BCUT2D eigenvalue weighted by Gasteiger charge is 2.34. The summed E-state index contributed by atoms with van der Waals surface area (Å²) in [5.74, 6) is -0.168. The van der Waals surface area contributed by atoms with Crippen LogP contribution >= 0.6 is 0 Å². The van der Waals surface area contributed by atoms with Crippen LogP contribution in [-0.4, -0.2) is 27.5 Å². The number of carbonyl (C=O) groups is 1. The molecule has 0 spiro atoms. The molecular formula is C27H25F3N4O. The van der Waals surface area contributed by atoms with Crippen LogP contribution in [-0.2, 0) is 6.18 Å². The summed E-state index contributed by atoms with van der Waals surface area (Å²) in [6.45, 7) is 0. The van der Waals surface area contributed by atoms with Crippen LogP contribution in [0.15, 0.2) is 79.0 Å². The standard InChI is InChI=1S/C27H25F3N4O/c28-27(29,30)25-17-23(21-12-4-5-13-22(21)33-25)31-18-8-6-9-19(16-18)32-26(35)24-14-7-15-34(24)20-10-2-1-3-11-20/h1-5,7,10-15,17-19H,6,8-9,16H2,(H,31,33)(H,32,35)/t18-,19+/m0/s1. The van der Waals surface area contributed by atoms with Crippen LogP contribution in [0.2, 0.25) is 0 Å². The zero-order valence-corrected chi connectivity index (χ0v) is 18.9. The lowest BCUT2D eigenvalue weighted by Gasteiger charge is -2.31. The Morgan fingerprint density at radius 3 is 2.49 bits per heavy atom. The van der Waals surface area contributed by atoms with Crippen molar-refractivity contribution in [3.05, 3.63) is 90.4 Å². The number of benzene rings is 2. The van der Waals surface area contributed by atoms with Gasteiger partial charge >= 0.3 is 6.18 Å². The minimum Gasteiger partial charge on any atom is -0.382 e. The molecule has 2 heterocycles. The lowest BCUT2D eigenvalue weighted by atomic mass is 9.90. The summed E-state index contributed by atoms with van der Waals surface area (Å²) in [6.07, 6.45) is 0.429. The summed E-state index contributed by atoms with van der Waals surface area (Å²) in [6, 6.07) is 21.0. The molecule has 5 rings (SSSR count). The predicted octanol–water partition coefficient (Wildman–Crippen LogP) is 6.20. The van der Waals surface area contributed by atoms with Crippen LogP contribution in [0.1, 0.15) is 41.9 Å². The summed E-state index contributed by atoms with van der Waals surface area (Å²) >= 11 is 0. The van der Waals surface area contributed by atoms with Gasteiger partial charge < -0.3 is 15.2 Å². The number of para-hydroxylation sites is 2. The third-order valence-electron chi connectivity index (χ3n) is 6.39. The molecular weight excluding hydrogens is 453 g/mol. The summed E-state index contributed by atoms with van der Waals surface area (Å²) < 4.78 is 42.1. The minimum absolute atomic E-state index is 0.0677. The smallest absolute Gasteiger partial charge is 0.382 e. The highest BCUT2D eigenvalue weighted by atomic mass is 19.4. The molecule has 0 saturated heterocycles. The molecule has 5 nitrogen and oxygen atoms in total. The number of hydrogen-bond donors (Lipinski definition) is 2. The summed E-state index contributed by atoms with van der Waals surface area (Å²) in [5.41, 5.74) is 1.24. The number of rotatable bonds is 5. The maximum absolute atomic E-state index is 13.4. The van der Waals surface area contributed by atoms with E-state index in [0.29, 0.717) is 28.7 Å². The van der Waals surface area contributed by atoms with E-state index in [1.54, 1.807) is 30.3 Å². The molecule has 1 aliphatic rings. The minimum atomic E-state index is -4.53. The molecule has 2 N–H and O–H groups in total. The van der Waals surface area contributed by atoms with Gasteiger partial charge in [0.05, 0.1) is 5.52 Å². The maximum Gasteiger partial charge on any atom is 0.433 e. The quantitative estimate of drug-likeness (QED) is 0.359. The van der Waals surface area contributed by atoms with Crippen LogP contribution in [0.3, 0.4) is 0 Å². The molecule has 0 bridgehead atoms. The van der Waals surface area contributed by atoms with Gasteiger partial charge in [0.25, 0.3) is 5.91 Å². The fourth-order valence-electron chi connectivity index (χ4n) is 4.75. The van der Waals surface area contributed by atoms with E-state index in [1.165, 1.54) is 0 Å². The monoisotopic (exact) mass is 478 g/mol. The second kappa shape index (κ2) is 9.44.